The van der Waals surface area contributed by atoms with Crippen LogP contribution in [0.15, 0.2) is 42.6 Å². The van der Waals surface area contributed by atoms with Crippen LogP contribution in [0.4, 0.5) is 0 Å². The number of aromatic nitrogens is 1. The smallest absolute Gasteiger partial charge is 0.161 e. The molecule has 0 amide bonds. The highest BCUT2D eigenvalue weighted by atomic mass is 16.5. The Labute approximate surface area is 167 Å². The third-order valence-corrected chi connectivity index (χ3v) is 6.32. The van der Waals surface area contributed by atoms with Gasteiger partial charge in [-0.1, -0.05) is 18.6 Å². The van der Waals surface area contributed by atoms with Crippen LogP contribution in [-0.2, 0) is 12.1 Å². The second-order valence-corrected chi connectivity index (χ2v) is 7.98. The standard InChI is InChI=1S/C23H30N2O3/c1-3-28-20-11-10-17(13-21(20)27-2)14-25-15-18-7-6-8-19(16-25)23(18,26)22-9-4-5-12-24-22/h4-5,9-13,18-19,26H,3,6-8,14-16H2,1-2H3/t18-,19-/m0/s1. The molecule has 2 atom stereocenters. The lowest BCUT2D eigenvalue weighted by Gasteiger charge is -2.52. The number of piperidine rings is 1. The lowest BCUT2D eigenvalue weighted by molar-refractivity contribution is -0.151. The van der Waals surface area contributed by atoms with Crippen LogP contribution in [-0.4, -0.2) is 41.8 Å². The number of hydrogen-bond acceptors (Lipinski definition) is 5. The zero-order chi connectivity index (χ0) is 19.6. The van der Waals surface area contributed by atoms with Crippen LogP contribution in [0.3, 0.4) is 0 Å². The normalized spacial score (nSPS) is 27.4. The zero-order valence-corrected chi connectivity index (χ0v) is 16.8. The summed E-state index contributed by atoms with van der Waals surface area (Å²) in [6.07, 6.45) is 5.08. The van der Waals surface area contributed by atoms with Crippen molar-refractivity contribution < 1.29 is 14.6 Å². The number of pyridine rings is 1. The van der Waals surface area contributed by atoms with Gasteiger partial charge in [-0.05, 0) is 49.6 Å². The minimum Gasteiger partial charge on any atom is -0.493 e. The first-order valence-corrected chi connectivity index (χ1v) is 10.3. The summed E-state index contributed by atoms with van der Waals surface area (Å²) in [6.45, 7) is 5.23. The van der Waals surface area contributed by atoms with Gasteiger partial charge in [0.25, 0.3) is 0 Å². The van der Waals surface area contributed by atoms with Crippen LogP contribution >= 0.6 is 0 Å². The highest BCUT2D eigenvalue weighted by Gasteiger charge is 2.52. The highest BCUT2D eigenvalue weighted by Crippen LogP contribution is 2.48. The van der Waals surface area contributed by atoms with Gasteiger partial charge >= 0.3 is 0 Å². The summed E-state index contributed by atoms with van der Waals surface area (Å²) in [4.78, 5) is 6.99. The van der Waals surface area contributed by atoms with Crippen LogP contribution in [0.25, 0.3) is 0 Å². The molecule has 1 aliphatic carbocycles. The molecule has 0 unspecified atom stereocenters. The van der Waals surface area contributed by atoms with Crippen LogP contribution in [0.5, 0.6) is 11.5 Å². The number of aliphatic hydroxyl groups is 1. The summed E-state index contributed by atoms with van der Waals surface area (Å²) in [6, 6.07) is 12.1. The molecule has 1 aromatic carbocycles. The van der Waals surface area contributed by atoms with E-state index in [1.165, 1.54) is 12.0 Å². The molecule has 5 nitrogen and oxygen atoms in total. The fourth-order valence-electron chi connectivity index (χ4n) is 5.03. The molecule has 150 valence electrons. The van der Waals surface area contributed by atoms with Crippen LogP contribution in [0.2, 0.25) is 0 Å². The molecule has 5 heteroatoms. The van der Waals surface area contributed by atoms with Gasteiger partial charge in [0.05, 0.1) is 19.4 Å². The zero-order valence-electron chi connectivity index (χ0n) is 16.8. The topological polar surface area (TPSA) is 54.8 Å². The van der Waals surface area contributed by atoms with Gasteiger partial charge < -0.3 is 14.6 Å². The number of rotatable bonds is 6. The Hall–Kier alpha value is -2.11. The fraction of sp³-hybridized carbons (Fsp3) is 0.522. The molecule has 1 saturated heterocycles. The highest BCUT2D eigenvalue weighted by molar-refractivity contribution is 5.43. The summed E-state index contributed by atoms with van der Waals surface area (Å²) < 4.78 is 11.1. The van der Waals surface area contributed by atoms with E-state index in [0.29, 0.717) is 6.61 Å². The summed E-state index contributed by atoms with van der Waals surface area (Å²) in [5, 5.41) is 11.7. The van der Waals surface area contributed by atoms with Gasteiger partial charge in [0.15, 0.2) is 11.5 Å². The molecule has 2 fully saturated rings. The van der Waals surface area contributed by atoms with Crippen molar-refractivity contribution in [1.29, 1.82) is 0 Å². The quantitative estimate of drug-likeness (QED) is 0.827. The van der Waals surface area contributed by atoms with Gasteiger partial charge in [-0.2, -0.15) is 0 Å². The van der Waals surface area contributed by atoms with E-state index in [1.54, 1.807) is 13.3 Å². The van der Waals surface area contributed by atoms with Gasteiger partial charge in [0.1, 0.15) is 5.60 Å². The van der Waals surface area contributed by atoms with Gasteiger partial charge in [-0.15, -0.1) is 0 Å². The maximum Gasteiger partial charge on any atom is 0.161 e. The molecule has 1 N–H and O–H groups in total. The second-order valence-electron chi connectivity index (χ2n) is 7.98. The third-order valence-electron chi connectivity index (χ3n) is 6.32. The van der Waals surface area contributed by atoms with E-state index in [4.69, 9.17) is 9.47 Å². The molecule has 28 heavy (non-hydrogen) atoms. The average molecular weight is 383 g/mol. The predicted octanol–water partition coefficient (Wildman–Crippen LogP) is 3.61. The molecule has 4 rings (SSSR count). The van der Waals surface area contributed by atoms with Crippen molar-refractivity contribution in [3.05, 3.63) is 53.9 Å². The second kappa shape index (κ2) is 8.10. The first-order chi connectivity index (χ1) is 13.6. The molecule has 1 aliphatic heterocycles. The fourth-order valence-corrected chi connectivity index (χ4v) is 5.03. The van der Waals surface area contributed by atoms with Crippen molar-refractivity contribution in [2.45, 2.75) is 38.3 Å². The van der Waals surface area contributed by atoms with E-state index < -0.39 is 5.60 Å². The predicted molar refractivity (Wildman–Crippen MR) is 108 cm³/mol. The molecular weight excluding hydrogens is 352 g/mol. The maximum atomic E-state index is 11.7. The monoisotopic (exact) mass is 382 g/mol. The molecule has 1 saturated carbocycles. The summed E-state index contributed by atoms with van der Waals surface area (Å²) in [7, 11) is 1.68. The SMILES string of the molecule is CCOc1ccc(CN2C[C@@H]3CCC[C@@H](C2)C3(O)c2ccccn2)cc1OC. The minimum atomic E-state index is -0.799. The van der Waals surface area contributed by atoms with Gasteiger partial charge in [-0.3, -0.25) is 9.88 Å². The number of likely N-dealkylation sites (tertiary alicyclic amines) is 1. The lowest BCUT2D eigenvalue weighted by Crippen LogP contribution is -2.58. The molecular formula is C23H30N2O3. The minimum absolute atomic E-state index is 0.222. The van der Waals surface area contributed by atoms with Crippen LogP contribution < -0.4 is 9.47 Å². The first-order valence-electron chi connectivity index (χ1n) is 10.3. The van der Waals surface area contributed by atoms with E-state index in [1.807, 2.05) is 31.2 Å². The van der Waals surface area contributed by atoms with Crippen LogP contribution in [0.1, 0.15) is 37.4 Å². The van der Waals surface area contributed by atoms with Crippen molar-refractivity contribution in [2.24, 2.45) is 11.8 Å². The first kappa shape index (κ1) is 19.2. The molecule has 2 heterocycles. The third kappa shape index (κ3) is 3.49. The number of benzene rings is 1. The van der Waals surface area contributed by atoms with E-state index in [2.05, 4.69) is 22.0 Å². The van der Waals surface area contributed by atoms with Gasteiger partial charge in [0, 0.05) is 37.7 Å². The molecule has 2 bridgehead atoms. The van der Waals surface area contributed by atoms with Crippen molar-refractivity contribution in [2.75, 3.05) is 26.8 Å². The van der Waals surface area contributed by atoms with Crippen molar-refractivity contribution >= 4 is 0 Å². The maximum absolute atomic E-state index is 11.7. The number of ether oxygens (including phenoxy) is 2. The van der Waals surface area contributed by atoms with Crippen molar-refractivity contribution in [3.8, 4) is 11.5 Å². The van der Waals surface area contributed by atoms with E-state index in [0.717, 1.165) is 49.7 Å². The van der Waals surface area contributed by atoms with Crippen LogP contribution in [0, 0.1) is 11.8 Å². The van der Waals surface area contributed by atoms with E-state index in [9.17, 15) is 5.11 Å². The lowest BCUT2D eigenvalue weighted by atomic mass is 9.64. The Morgan fingerprint density at radius 2 is 1.93 bits per heavy atom. The summed E-state index contributed by atoms with van der Waals surface area (Å²) >= 11 is 0. The Morgan fingerprint density at radius 3 is 2.57 bits per heavy atom. The van der Waals surface area contributed by atoms with E-state index in [-0.39, 0.29) is 11.8 Å². The number of methoxy groups -OCH3 is 1. The van der Waals surface area contributed by atoms with Gasteiger partial charge in [0.2, 0.25) is 0 Å². The number of nitrogens with zero attached hydrogens (tertiary/aromatic N) is 2. The largest absolute Gasteiger partial charge is 0.493 e. The Bertz CT molecular complexity index is 782. The summed E-state index contributed by atoms with van der Waals surface area (Å²) in [5.74, 6) is 2.01. The molecule has 0 spiro atoms. The molecule has 2 aromatic rings. The average Bonchev–Trinajstić information content (AvgIpc) is 2.71. The van der Waals surface area contributed by atoms with Gasteiger partial charge in [-0.25, -0.2) is 0 Å². The molecule has 0 radical (unpaired) electrons. The number of hydrogen-bond donors (Lipinski definition) is 1. The Balaban J connectivity index is 1.52. The molecule has 2 aliphatic rings. The number of fused-ring (bicyclic) bond motifs is 2. The van der Waals surface area contributed by atoms with Crippen molar-refractivity contribution in [1.82, 2.24) is 9.88 Å². The Morgan fingerprint density at radius 1 is 1.14 bits per heavy atom. The molecule has 1 aromatic heterocycles. The summed E-state index contributed by atoms with van der Waals surface area (Å²) in [5.41, 5.74) is 1.25. The Kier molecular flexibility index (Phi) is 5.56. The van der Waals surface area contributed by atoms with E-state index >= 15 is 0 Å². The van der Waals surface area contributed by atoms with Crippen molar-refractivity contribution in [3.63, 3.8) is 0 Å².